The van der Waals surface area contributed by atoms with E-state index >= 15 is 0 Å². The maximum Gasteiger partial charge on any atom is 0.306 e. The summed E-state index contributed by atoms with van der Waals surface area (Å²) in [5.74, 6) is -0.942. The summed E-state index contributed by atoms with van der Waals surface area (Å²) in [6.45, 7) is 6.43. The van der Waals surface area contributed by atoms with Crippen LogP contribution in [0.25, 0.3) is 0 Å². The maximum atomic E-state index is 12.9. The van der Waals surface area contributed by atoms with Gasteiger partial charge in [0.1, 0.15) is 13.2 Å². The fourth-order valence-electron chi connectivity index (χ4n) is 7.86. The molecule has 0 saturated carbocycles. The van der Waals surface area contributed by atoms with E-state index in [1.807, 2.05) is 48.6 Å². The molecule has 0 N–H and O–H groups in total. The average molecular weight is 960 g/mol. The van der Waals surface area contributed by atoms with Crippen LogP contribution in [0.5, 0.6) is 0 Å². The average Bonchev–Trinajstić information content (AvgIpc) is 3.35. The molecule has 0 aromatic heterocycles. The number of unbranched alkanes of at least 4 members (excludes halogenated alkanes) is 29. The summed E-state index contributed by atoms with van der Waals surface area (Å²) in [5.41, 5.74) is 0. The van der Waals surface area contributed by atoms with E-state index in [1.54, 1.807) is 0 Å². The Bertz CT molecular complexity index is 1380. The zero-order valence-electron chi connectivity index (χ0n) is 45.0. The topological polar surface area (TPSA) is 78.9 Å². The molecule has 0 aliphatic rings. The summed E-state index contributed by atoms with van der Waals surface area (Å²) in [7, 11) is 0. The molecule has 0 aromatic carbocycles. The van der Waals surface area contributed by atoms with Crippen molar-refractivity contribution >= 4 is 17.9 Å². The van der Waals surface area contributed by atoms with Crippen LogP contribution in [-0.4, -0.2) is 37.2 Å². The third kappa shape index (κ3) is 55.1. The highest BCUT2D eigenvalue weighted by molar-refractivity contribution is 5.71. The van der Waals surface area contributed by atoms with Gasteiger partial charge in [0.25, 0.3) is 0 Å². The van der Waals surface area contributed by atoms with E-state index in [4.69, 9.17) is 14.2 Å². The van der Waals surface area contributed by atoms with E-state index < -0.39 is 6.10 Å². The molecule has 0 aliphatic heterocycles. The third-order valence-corrected chi connectivity index (χ3v) is 12.2. The zero-order chi connectivity index (χ0) is 50.0. The number of esters is 3. The Hall–Kier alpha value is -3.67. The smallest absolute Gasteiger partial charge is 0.306 e. The molecule has 0 aromatic rings. The molecule has 1 atom stereocenters. The lowest BCUT2D eigenvalue weighted by molar-refractivity contribution is -0.167. The first-order valence-electron chi connectivity index (χ1n) is 28.8. The predicted octanol–water partition coefficient (Wildman–Crippen LogP) is 19.3. The fourth-order valence-corrected chi connectivity index (χ4v) is 7.86. The van der Waals surface area contributed by atoms with Gasteiger partial charge in [-0.25, -0.2) is 0 Å². The molecular formula is C63H106O6. The van der Waals surface area contributed by atoms with Crippen molar-refractivity contribution < 1.29 is 28.6 Å². The number of hydrogen-bond acceptors (Lipinski definition) is 6. The number of carbonyl (C=O) groups is 3. The number of carbonyl (C=O) groups excluding carboxylic acids is 3. The number of ether oxygens (including phenoxy) is 3. The standard InChI is InChI=1S/C63H106O6/c1-4-7-10-13-16-19-22-25-28-30-31-33-35-38-41-44-47-50-53-56-62(65)68-59-60(58-67-61(64)55-52-49-46-43-40-37-34-27-24-21-18-15-12-9-6-3)69-63(66)57-54-51-48-45-42-39-36-32-29-26-23-20-17-14-11-8-5-2/h9,12,15-16,18-19,21-22,24-27,29,34,37,40,60H,4-8,10-11,13-14,17,20,23,28,30-33,35-36,38-39,41-59H2,1-3H3/b12-9-,18-15-,19-16-,24-21-,25-22-,29-26-,34-27-,40-37-. The molecule has 0 saturated heterocycles. The van der Waals surface area contributed by atoms with Crippen LogP contribution in [0.1, 0.15) is 265 Å². The van der Waals surface area contributed by atoms with Gasteiger partial charge in [-0.05, 0) is 89.9 Å². The van der Waals surface area contributed by atoms with Crippen molar-refractivity contribution in [3.63, 3.8) is 0 Å². The molecule has 6 heteroatoms. The molecule has 0 heterocycles. The summed E-state index contributed by atoms with van der Waals surface area (Å²) in [6, 6.07) is 0. The number of allylic oxidation sites excluding steroid dienone is 16. The molecular weight excluding hydrogens is 853 g/mol. The van der Waals surface area contributed by atoms with E-state index in [0.717, 1.165) is 70.6 Å². The predicted molar refractivity (Wildman–Crippen MR) is 297 cm³/mol. The molecule has 0 fully saturated rings. The third-order valence-electron chi connectivity index (χ3n) is 12.2. The van der Waals surface area contributed by atoms with Crippen molar-refractivity contribution in [3.05, 3.63) is 97.2 Å². The van der Waals surface area contributed by atoms with E-state index in [0.29, 0.717) is 19.3 Å². The molecule has 0 rings (SSSR count). The van der Waals surface area contributed by atoms with Gasteiger partial charge in [-0.3, -0.25) is 14.4 Å². The van der Waals surface area contributed by atoms with Crippen LogP contribution < -0.4 is 0 Å². The van der Waals surface area contributed by atoms with Crippen LogP contribution in [0.4, 0.5) is 0 Å². The highest BCUT2D eigenvalue weighted by Crippen LogP contribution is 2.15. The first kappa shape index (κ1) is 65.3. The van der Waals surface area contributed by atoms with Crippen molar-refractivity contribution in [1.82, 2.24) is 0 Å². The molecule has 0 spiro atoms. The molecule has 0 bridgehead atoms. The summed E-state index contributed by atoms with van der Waals surface area (Å²) in [5, 5.41) is 0. The van der Waals surface area contributed by atoms with Crippen molar-refractivity contribution in [2.75, 3.05) is 13.2 Å². The summed E-state index contributed by atoms with van der Waals surface area (Å²) >= 11 is 0. The molecule has 1 unspecified atom stereocenters. The summed E-state index contributed by atoms with van der Waals surface area (Å²) < 4.78 is 16.8. The Balaban J connectivity index is 4.45. The van der Waals surface area contributed by atoms with Crippen molar-refractivity contribution in [2.24, 2.45) is 0 Å². The summed E-state index contributed by atoms with van der Waals surface area (Å²) in [6.07, 6.45) is 75.3. The van der Waals surface area contributed by atoms with Gasteiger partial charge < -0.3 is 14.2 Å². The van der Waals surface area contributed by atoms with E-state index in [-0.39, 0.29) is 31.1 Å². The van der Waals surface area contributed by atoms with Crippen LogP contribution in [0.15, 0.2) is 97.2 Å². The van der Waals surface area contributed by atoms with Gasteiger partial charge >= 0.3 is 17.9 Å². The zero-order valence-corrected chi connectivity index (χ0v) is 45.0. The minimum Gasteiger partial charge on any atom is -0.462 e. The fraction of sp³-hybridized carbons (Fsp3) is 0.698. The molecule has 6 nitrogen and oxygen atoms in total. The van der Waals surface area contributed by atoms with Gasteiger partial charge in [0, 0.05) is 19.3 Å². The second-order valence-electron chi connectivity index (χ2n) is 19.0. The van der Waals surface area contributed by atoms with Crippen LogP contribution in [0.3, 0.4) is 0 Å². The molecule has 69 heavy (non-hydrogen) atoms. The second kappa shape index (κ2) is 56.9. The Morgan fingerprint density at radius 2 is 0.580 bits per heavy atom. The minimum absolute atomic E-state index is 0.0951. The van der Waals surface area contributed by atoms with E-state index in [1.165, 1.54) is 154 Å². The van der Waals surface area contributed by atoms with E-state index in [2.05, 4.69) is 69.4 Å². The van der Waals surface area contributed by atoms with Gasteiger partial charge in [-0.1, -0.05) is 253 Å². The second-order valence-corrected chi connectivity index (χ2v) is 19.0. The normalized spacial score (nSPS) is 12.8. The van der Waals surface area contributed by atoms with Gasteiger partial charge in [0.2, 0.25) is 0 Å². The highest BCUT2D eigenvalue weighted by Gasteiger charge is 2.19. The Labute approximate surface area is 426 Å². The van der Waals surface area contributed by atoms with Gasteiger partial charge in [-0.2, -0.15) is 0 Å². The minimum atomic E-state index is -0.800. The van der Waals surface area contributed by atoms with Crippen LogP contribution >= 0.6 is 0 Å². The lowest BCUT2D eigenvalue weighted by atomic mass is 10.1. The van der Waals surface area contributed by atoms with Gasteiger partial charge in [0.15, 0.2) is 6.10 Å². The van der Waals surface area contributed by atoms with Gasteiger partial charge in [-0.15, -0.1) is 0 Å². The lowest BCUT2D eigenvalue weighted by Gasteiger charge is -2.18. The van der Waals surface area contributed by atoms with Crippen LogP contribution in [0, 0.1) is 0 Å². The first-order chi connectivity index (χ1) is 34.0. The van der Waals surface area contributed by atoms with Crippen LogP contribution in [-0.2, 0) is 28.6 Å². The van der Waals surface area contributed by atoms with E-state index in [9.17, 15) is 14.4 Å². The molecule has 0 radical (unpaired) electrons. The quantitative estimate of drug-likeness (QED) is 0.0199. The Morgan fingerprint density at radius 3 is 0.986 bits per heavy atom. The largest absolute Gasteiger partial charge is 0.462 e. The van der Waals surface area contributed by atoms with Crippen LogP contribution in [0.2, 0.25) is 0 Å². The lowest BCUT2D eigenvalue weighted by Crippen LogP contribution is -2.30. The molecule has 0 aliphatic carbocycles. The SMILES string of the molecule is CC\C=C/C=C\C=C/C=C\C=C/CCCCCC(=O)OCC(COC(=O)CCCCCCCCCCCC/C=C\C=C/CCCCC)OC(=O)CCCCCCCCC/C=C\CCCCCCCC. The highest BCUT2D eigenvalue weighted by atomic mass is 16.6. The first-order valence-corrected chi connectivity index (χ1v) is 28.8. The number of hydrogen-bond donors (Lipinski definition) is 0. The van der Waals surface area contributed by atoms with Crippen molar-refractivity contribution in [3.8, 4) is 0 Å². The molecule has 0 amide bonds. The van der Waals surface area contributed by atoms with Crippen molar-refractivity contribution in [1.29, 1.82) is 0 Å². The monoisotopic (exact) mass is 959 g/mol. The maximum absolute atomic E-state index is 12.9. The number of rotatable bonds is 51. The summed E-state index contributed by atoms with van der Waals surface area (Å²) in [4.78, 5) is 38.2. The Kier molecular flexibility index (Phi) is 53.9. The Morgan fingerprint density at radius 1 is 0.304 bits per heavy atom. The van der Waals surface area contributed by atoms with Gasteiger partial charge in [0.05, 0.1) is 0 Å². The van der Waals surface area contributed by atoms with Crippen molar-refractivity contribution in [2.45, 2.75) is 271 Å². The molecule has 394 valence electrons.